The lowest BCUT2D eigenvalue weighted by atomic mass is 9.94. The van der Waals surface area contributed by atoms with E-state index in [2.05, 4.69) is 205 Å². The molecule has 50 heavy (non-hydrogen) atoms. The van der Waals surface area contributed by atoms with Gasteiger partial charge in [-0.3, -0.25) is 0 Å². The summed E-state index contributed by atoms with van der Waals surface area (Å²) in [7, 11) is 0. The molecule has 9 rings (SSSR count). The van der Waals surface area contributed by atoms with E-state index in [-0.39, 0.29) is 0 Å². The van der Waals surface area contributed by atoms with Gasteiger partial charge < -0.3 is 4.90 Å². The summed E-state index contributed by atoms with van der Waals surface area (Å²) >= 11 is 1.86. The lowest BCUT2D eigenvalue weighted by molar-refractivity contribution is 1.30. The van der Waals surface area contributed by atoms with Crippen molar-refractivity contribution >= 4 is 48.6 Å². The Morgan fingerprint density at radius 1 is 0.320 bits per heavy atom. The van der Waals surface area contributed by atoms with Gasteiger partial charge in [0.05, 0.1) is 11.4 Å². The number of hydrogen-bond donors (Lipinski definition) is 0. The fourth-order valence-corrected chi connectivity index (χ4v) is 8.18. The number of hydrogen-bond acceptors (Lipinski definition) is 2. The van der Waals surface area contributed by atoms with Crippen molar-refractivity contribution in [3.05, 3.63) is 200 Å². The Bertz CT molecular complexity index is 2570. The minimum atomic E-state index is 1.11. The standard InChI is InChI=1S/C48H33NS/c1-4-14-34(15-5-1)36-26-29-41(30-27-36)49(45-23-13-25-47-48(45)42-22-10-11-24-46(42)50-47)44-31-28-40(33-43(44)37-18-8-3-9-19-37)39-21-12-20-38(32-39)35-16-6-2-7-17-35/h1-33H. The third-order valence-corrected chi connectivity index (χ3v) is 10.6. The van der Waals surface area contributed by atoms with Crippen LogP contribution in [-0.2, 0) is 0 Å². The van der Waals surface area contributed by atoms with Gasteiger partial charge in [0.25, 0.3) is 0 Å². The fourth-order valence-electron chi connectivity index (χ4n) is 7.05. The zero-order chi connectivity index (χ0) is 33.3. The number of nitrogens with zero attached hydrogens (tertiary/aromatic N) is 1. The average Bonchev–Trinajstić information content (AvgIpc) is 3.59. The monoisotopic (exact) mass is 655 g/mol. The van der Waals surface area contributed by atoms with Crippen LogP contribution in [0.25, 0.3) is 64.7 Å². The largest absolute Gasteiger partial charge is 0.309 e. The molecule has 0 aliphatic carbocycles. The molecule has 236 valence electrons. The summed E-state index contributed by atoms with van der Waals surface area (Å²) in [4.78, 5) is 2.46. The first-order chi connectivity index (χ1) is 24.8. The number of rotatable bonds is 7. The summed E-state index contributed by atoms with van der Waals surface area (Å²) in [5, 5.41) is 2.56. The van der Waals surface area contributed by atoms with Crippen LogP contribution < -0.4 is 4.90 Å². The van der Waals surface area contributed by atoms with E-state index in [9.17, 15) is 0 Å². The average molecular weight is 656 g/mol. The molecule has 9 aromatic rings. The molecule has 0 N–H and O–H groups in total. The van der Waals surface area contributed by atoms with Crippen molar-refractivity contribution in [1.82, 2.24) is 0 Å². The topological polar surface area (TPSA) is 3.24 Å². The van der Waals surface area contributed by atoms with E-state index in [1.54, 1.807) is 0 Å². The molecule has 2 heteroatoms. The summed E-state index contributed by atoms with van der Waals surface area (Å²) in [5.41, 5.74) is 13.0. The molecule has 0 unspecified atom stereocenters. The molecule has 0 saturated heterocycles. The predicted molar refractivity (Wildman–Crippen MR) is 216 cm³/mol. The van der Waals surface area contributed by atoms with Crippen LogP contribution >= 0.6 is 11.3 Å². The van der Waals surface area contributed by atoms with Gasteiger partial charge >= 0.3 is 0 Å². The van der Waals surface area contributed by atoms with Crippen LogP contribution in [0.3, 0.4) is 0 Å². The van der Waals surface area contributed by atoms with E-state index < -0.39 is 0 Å². The minimum absolute atomic E-state index is 1.11. The van der Waals surface area contributed by atoms with Gasteiger partial charge in [-0.15, -0.1) is 11.3 Å². The van der Waals surface area contributed by atoms with Crippen LogP contribution in [0, 0.1) is 0 Å². The Balaban J connectivity index is 1.27. The zero-order valence-corrected chi connectivity index (χ0v) is 28.2. The van der Waals surface area contributed by atoms with Gasteiger partial charge in [0.2, 0.25) is 0 Å². The van der Waals surface area contributed by atoms with Gasteiger partial charge in [0.15, 0.2) is 0 Å². The molecule has 0 fully saturated rings. The van der Waals surface area contributed by atoms with Crippen molar-refractivity contribution < 1.29 is 0 Å². The molecule has 1 aromatic heterocycles. The Labute approximate surface area is 297 Å². The molecular formula is C48H33NS. The van der Waals surface area contributed by atoms with Crippen LogP contribution in [0.15, 0.2) is 200 Å². The highest BCUT2D eigenvalue weighted by Gasteiger charge is 2.22. The second-order valence-corrected chi connectivity index (χ2v) is 13.6. The van der Waals surface area contributed by atoms with E-state index in [1.165, 1.54) is 70.4 Å². The molecule has 0 atom stereocenters. The van der Waals surface area contributed by atoms with Crippen LogP contribution in [-0.4, -0.2) is 0 Å². The van der Waals surface area contributed by atoms with Gasteiger partial charge in [-0.25, -0.2) is 0 Å². The summed E-state index contributed by atoms with van der Waals surface area (Å²) in [6.07, 6.45) is 0. The zero-order valence-electron chi connectivity index (χ0n) is 27.4. The van der Waals surface area contributed by atoms with Gasteiger partial charge in [0, 0.05) is 31.4 Å². The summed E-state index contributed by atoms with van der Waals surface area (Å²) in [6, 6.07) is 72.4. The first kappa shape index (κ1) is 29.9. The molecule has 0 amide bonds. The Morgan fingerprint density at radius 2 is 0.820 bits per heavy atom. The second kappa shape index (κ2) is 13.0. The molecular weight excluding hydrogens is 623 g/mol. The van der Waals surface area contributed by atoms with Crippen LogP contribution in [0.2, 0.25) is 0 Å². The highest BCUT2D eigenvalue weighted by atomic mass is 32.1. The molecule has 1 nitrogen and oxygen atoms in total. The highest BCUT2D eigenvalue weighted by molar-refractivity contribution is 7.26. The van der Waals surface area contributed by atoms with Gasteiger partial charge in [-0.05, 0) is 87.5 Å². The quantitative estimate of drug-likeness (QED) is 0.165. The first-order valence-corrected chi connectivity index (χ1v) is 17.8. The van der Waals surface area contributed by atoms with E-state index >= 15 is 0 Å². The Hall–Kier alpha value is -6.22. The summed E-state index contributed by atoms with van der Waals surface area (Å²) in [6.45, 7) is 0. The molecule has 0 radical (unpaired) electrons. The third kappa shape index (κ3) is 5.56. The number of fused-ring (bicyclic) bond motifs is 3. The van der Waals surface area contributed by atoms with Crippen LogP contribution in [0.1, 0.15) is 0 Å². The summed E-state index contributed by atoms with van der Waals surface area (Å²) in [5.74, 6) is 0. The molecule has 0 spiro atoms. The van der Waals surface area contributed by atoms with Crippen molar-refractivity contribution in [1.29, 1.82) is 0 Å². The van der Waals surface area contributed by atoms with E-state index in [1.807, 2.05) is 11.3 Å². The first-order valence-electron chi connectivity index (χ1n) is 17.0. The summed E-state index contributed by atoms with van der Waals surface area (Å²) < 4.78 is 2.58. The van der Waals surface area contributed by atoms with E-state index in [4.69, 9.17) is 0 Å². The maximum Gasteiger partial charge on any atom is 0.0555 e. The molecule has 0 aliphatic rings. The van der Waals surface area contributed by atoms with E-state index in [0.29, 0.717) is 0 Å². The lowest BCUT2D eigenvalue weighted by Crippen LogP contribution is -2.11. The van der Waals surface area contributed by atoms with Gasteiger partial charge in [0.1, 0.15) is 0 Å². The highest BCUT2D eigenvalue weighted by Crippen LogP contribution is 2.48. The van der Waals surface area contributed by atoms with Gasteiger partial charge in [-0.1, -0.05) is 152 Å². The minimum Gasteiger partial charge on any atom is -0.309 e. The Morgan fingerprint density at radius 3 is 1.54 bits per heavy atom. The normalized spacial score (nSPS) is 11.2. The Kier molecular flexibility index (Phi) is 7.77. The molecule has 1 heterocycles. The third-order valence-electron chi connectivity index (χ3n) is 9.48. The van der Waals surface area contributed by atoms with Gasteiger partial charge in [-0.2, -0.15) is 0 Å². The van der Waals surface area contributed by atoms with Crippen molar-refractivity contribution in [2.24, 2.45) is 0 Å². The van der Waals surface area contributed by atoms with Crippen molar-refractivity contribution in [3.8, 4) is 44.5 Å². The molecule has 8 aromatic carbocycles. The van der Waals surface area contributed by atoms with Crippen LogP contribution in [0.4, 0.5) is 17.1 Å². The number of anilines is 3. The maximum absolute atomic E-state index is 2.46. The molecule has 0 bridgehead atoms. The van der Waals surface area contributed by atoms with Crippen molar-refractivity contribution in [3.63, 3.8) is 0 Å². The fraction of sp³-hybridized carbons (Fsp3) is 0. The van der Waals surface area contributed by atoms with Crippen molar-refractivity contribution in [2.45, 2.75) is 0 Å². The smallest absolute Gasteiger partial charge is 0.0555 e. The maximum atomic E-state index is 2.46. The molecule has 0 aliphatic heterocycles. The second-order valence-electron chi connectivity index (χ2n) is 12.5. The van der Waals surface area contributed by atoms with Crippen LogP contribution in [0.5, 0.6) is 0 Å². The van der Waals surface area contributed by atoms with E-state index in [0.717, 1.165) is 11.4 Å². The SMILES string of the molecule is c1ccc(-c2ccc(N(c3ccc(-c4cccc(-c5ccccc5)c4)cc3-c3ccccc3)c3cccc4sc5ccccc5c34)cc2)cc1. The lowest BCUT2D eigenvalue weighted by Gasteiger charge is -2.29. The number of benzene rings is 8. The van der Waals surface area contributed by atoms with Crippen molar-refractivity contribution in [2.75, 3.05) is 4.90 Å². The number of thiophene rings is 1. The predicted octanol–water partition coefficient (Wildman–Crippen LogP) is 14.2. The molecule has 0 saturated carbocycles.